The van der Waals surface area contributed by atoms with Gasteiger partial charge in [0.05, 0.1) is 24.8 Å². The minimum Gasteiger partial charge on any atom is -0.476 e. The minimum atomic E-state index is -1.04. The van der Waals surface area contributed by atoms with E-state index in [0.29, 0.717) is 24.6 Å². The first-order valence-electron chi connectivity index (χ1n) is 5.74. The van der Waals surface area contributed by atoms with E-state index in [2.05, 4.69) is 10.3 Å². The number of aromatic carboxylic acids is 1. The van der Waals surface area contributed by atoms with E-state index in [1.54, 1.807) is 17.2 Å². The summed E-state index contributed by atoms with van der Waals surface area (Å²) in [5.41, 5.74) is 1.62. The lowest BCUT2D eigenvalue weighted by molar-refractivity contribution is 0.0689. The average molecular weight is 249 g/mol. The van der Waals surface area contributed by atoms with Gasteiger partial charge in [-0.3, -0.25) is 0 Å². The van der Waals surface area contributed by atoms with Gasteiger partial charge in [0.15, 0.2) is 5.69 Å². The largest absolute Gasteiger partial charge is 0.476 e. The summed E-state index contributed by atoms with van der Waals surface area (Å²) in [4.78, 5) is 11.1. The topological polar surface area (TPSA) is 81.1 Å². The summed E-state index contributed by atoms with van der Waals surface area (Å²) in [7, 11) is 0. The van der Waals surface area contributed by atoms with Crippen molar-refractivity contribution in [2.75, 3.05) is 0 Å². The van der Waals surface area contributed by atoms with Crippen molar-refractivity contribution in [3.63, 3.8) is 0 Å². The number of nitrogens with zero attached hydrogens (tertiary/aromatic N) is 3. The molecule has 0 aliphatic rings. The molecule has 0 atom stereocenters. The van der Waals surface area contributed by atoms with Gasteiger partial charge in [0.25, 0.3) is 0 Å². The van der Waals surface area contributed by atoms with Gasteiger partial charge in [-0.2, -0.15) is 0 Å². The molecule has 0 radical (unpaired) electrons. The molecule has 0 unspecified atom stereocenters. The van der Waals surface area contributed by atoms with Crippen LogP contribution in [0.4, 0.5) is 0 Å². The van der Waals surface area contributed by atoms with Crippen molar-refractivity contribution in [3.05, 3.63) is 35.5 Å². The molecule has 2 heterocycles. The Kier molecular flexibility index (Phi) is 3.45. The van der Waals surface area contributed by atoms with Crippen molar-refractivity contribution in [1.82, 2.24) is 15.0 Å². The molecular weight excluding hydrogens is 234 g/mol. The van der Waals surface area contributed by atoms with E-state index in [4.69, 9.17) is 9.52 Å². The highest BCUT2D eigenvalue weighted by Gasteiger charge is 2.19. The van der Waals surface area contributed by atoms with Crippen molar-refractivity contribution >= 4 is 5.97 Å². The standard InChI is InChI=1S/C12H15N3O3/c1-8(2)5-10-11(12(16)17)13-14-15(10)6-9-3-4-18-7-9/h3-4,7-8H,5-6H2,1-2H3,(H,16,17). The normalized spacial score (nSPS) is 11.1. The van der Waals surface area contributed by atoms with E-state index in [1.165, 1.54) is 0 Å². The first kappa shape index (κ1) is 12.3. The smallest absolute Gasteiger partial charge is 0.358 e. The summed E-state index contributed by atoms with van der Waals surface area (Å²) >= 11 is 0. The maximum Gasteiger partial charge on any atom is 0.358 e. The molecule has 2 aromatic heterocycles. The number of rotatable bonds is 5. The van der Waals surface area contributed by atoms with Crippen LogP contribution >= 0.6 is 0 Å². The zero-order chi connectivity index (χ0) is 13.1. The number of carboxylic acids is 1. The highest BCUT2D eigenvalue weighted by atomic mass is 16.4. The lowest BCUT2D eigenvalue weighted by Gasteiger charge is -2.08. The van der Waals surface area contributed by atoms with E-state index in [1.807, 2.05) is 19.9 Å². The summed E-state index contributed by atoms with van der Waals surface area (Å²) in [5, 5.41) is 16.7. The summed E-state index contributed by atoms with van der Waals surface area (Å²) in [5.74, 6) is -0.700. The Morgan fingerprint density at radius 3 is 2.89 bits per heavy atom. The molecular formula is C12H15N3O3. The fourth-order valence-electron chi connectivity index (χ4n) is 1.77. The minimum absolute atomic E-state index is 0.0344. The Labute approximate surface area is 104 Å². The van der Waals surface area contributed by atoms with Gasteiger partial charge in [-0.05, 0) is 18.4 Å². The van der Waals surface area contributed by atoms with Crippen LogP contribution in [0.15, 0.2) is 23.0 Å². The summed E-state index contributed by atoms with van der Waals surface area (Å²) in [6, 6.07) is 1.82. The van der Waals surface area contributed by atoms with Gasteiger partial charge in [0.1, 0.15) is 0 Å². The van der Waals surface area contributed by atoms with Gasteiger partial charge < -0.3 is 9.52 Å². The Hall–Kier alpha value is -2.11. The summed E-state index contributed by atoms with van der Waals surface area (Å²) in [6.45, 7) is 4.53. The molecule has 0 fully saturated rings. The predicted octanol–water partition coefficient (Wildman–Crippen LogP) is 1.82. The Morgan fingerprint density at radius 1 is 1.56 bits per heavy atom. The van der Waals surface area contributed by atoms with Gasteiger partial charge >= 0.3 is 5.97 Å². The number of carboxylic acid groups (broad SMARTS) is 1. The second-order valence-electron chi connectivity index (χ2n) is 4.58. The molecule has 96 valence electrons. The Bertz CT molecular complexity index is 529. The molecule has 0 saturated heterocycles. The molecule has 0 saturated carbocycles. The molecule has 0 amide bonds. The maximum absolute atomic E-state index is 11.1. The van der Waals surface area contributed by atoms with Crippen molar-refractivity contribution in [3.8, 4) is 0 Å². The van der Waals surface area contributed by atoms with Crippen LogP contribution in [0.5, 0.6) is 0 Å². The van der Waals surface area contributed by atoms with Gasteiger partial charge in [0, 0.05) is 5.56 Å². The third-order valence-corrected chi connectivity index (χ3v) is 2.55. The molecule has 0 aliphatic carbocycles. The number of aromatic nitrogens is 3. The third-order valence-electron chi connectivity index (χ3n) is 2.55. The maximum atomic E-state index is 11.1. The molecule has 2 aromatic rings. The number of hydrogen-bond acceptors (Lipinski definition) is 4. The lowest BCUT2D eigenvalue weighted by atomic mass is 10.1. The van der Waals surface area contributed by atoms with Crippen LogP contribution in [0.3, 0.4) is 0 Å². The average Bonchev–Trinajstić information content (AvgIpc) is 2.89. The molecule has 1 N–H and O–H groups in total. The predicted molar refractivity (Wildman–Crippen MR) is 63.3 cm³/mol. The van der Waals surface area contributed by atoms with E-state index in [9.17, 15) is 4.79 Å². The molecule has 6 heteroatoms. The number of carbonyl (C=O) groups is 1. The fourth-order valence-corrected chi connectivity index (χ4v) is 1.77. The molecule has 2 rings (SSSR count). The van der Waals surface area contributed by atoms with Crippen LogP contribution in [-0.2, 0) is 13.0 Å². The van der Waals surface area contributed by atoms with E-state index >= 15 is 0 Å². The summed E-state index contributed by atoms with van der Waals surface area (Å²) < 4.78 is 6.60. The van der Waals surface area contributed by atoms with Crippen LogP contribution in [0.1, 0.15) is 35.6 Å². The van der Waals surface area contributed by atoms with Gasteiger partial charge in [0.2, 0.25) is 0 Å². The van der Waals surface area contributed by atoms with Gasteiger partial charge in [-0.25, -0.2) is 9.48 Å². The molecule has 0 aliphatic heterocycles. The van der Waals surface area contributed by atoms with E-state index in [-0.39, 0.29) is 5.69 Å². The highest BCUT2D eigenvalue weighted by molar-refractivity contribution is 5.86. The van der Waals surface area contributed by atoms with Gasteiger partial charge in [-0.15, -0.1) is 5.10 Å². The fraction of sp³-hybridized carbons (Fsp3) is 0.417. The van der Waals surface area contributed by atoms with Crippen LogP contribution in [-0.4, -0.2) is 26.1 Å². The zero-order valence-electron chi connectivity index (χ0n) is 10.3. The van der Waals surface area contributed by atoms with Crippen molar-refractivity contribution in [2.45, 2.75) is 26.8 Å². The number of furan rings is 1. The second kappa shape index (κ2) is 5.03. The Morgan fingerprint density at radius 2 is 2.33 bits per heavy atom. The molecule has 6 nitrogen and oxygen atoms in total. The zero-order valence-corrected chi connectivity index (χ0v) is 10.3. The monoisotopic (exact) mass is 249 g/mol. The first-order chi connectivity index (χ1) is 8.58. The molecule has 0 bridgehead atoms. The van der Waals surface area contributed by atoms with Crippen molar-refractivity contribution in [2.24, 2.45) is 5.92 Å². The lowest BCUT2D eigenvalue weighted by Crippen LogP contribution is -2.11. The van der Waals surface area contributed by atoms with Crippen molar-refractivity contribution in [1.29, 1.82) is 0 Å². The van der Waals surface area contributed by atoms with Crippen LogP contribution in [0.25, 0.3) is 0 Å². The molecule has 18 heavy (non-hydrogen) atoms. The quantitative estimate of drug-likeness (QED) is 0.874. The van der Waals surface area contributed by atoms with E-state index < -0.39 is 5.97 Å². The SMILES string of the molecule is CC(C)Cc1c(C(=O)O)nnn1Cc1ccoc1. The number of hydrogen-bond donors (Lipinski definition) is 1. The highest BCUT2D eigenvalue weighted by Crippen LogP contribution is 2.14. The van der Waals surface area contributed by atoms with Crippen molar-refractivity contribution < 1.29 is 14.3 Å². The third kappa shape index (κ3) is 2.58. The first-order valence-corrected chi connectivity index (χ1v) is 5.74. The Balaban J connectivity index is 2.31. The van der Waals surface area contributed by atoms with Gasteiger partial charge in [-0.1, -0.05) is 19.1 Å². The summed E-state index contributed by atoms with van der Waals surface area (Å²) in [6.07, 6.45) is 3.82. The van der Waals surface area contributed by atoms with E-state index in [0.717, 1.165) is 5.56 Å². The molecule has 0 aromatic carbocycles. The van der Waals surface area contributed by atoms with Crippen LogP contribution in [0, 0.1) is 5.92 Å². The van der Waals surface area contributed by atoms with Crippen LogP contribution < -0.4 is 0 Å². The molecule has 0 spiro atoms. The second-order valence-corrected chi connectivity index (χ2v) is 4.58. The van der Waals surface area contributed by atoms with Crippen LogP contribution in [0.2, 0.25) is 0 Å².